The smallest absolute Gasteiger partial charge is 0.0580 e. The predicted octanol–water partition coefficient (Wildman–Crippen LogP) is 1.93. The Morgan fingerprint density at radius 2 is 1.93 bits per heavy atom. The summed E-state index contributed by atoms with van der Waals surface area (Å²) in [6.45, 7) is 3.31. The second-order valence-electron chi connectivity index (χ2n) is 5.15. The Balaban J connectivity index is 1.67. The lowest BCUT2D eigenvalue weighted by molar-refractivity contribution is 0.0680. The highest BCUT2D eigenvalue weighted by molar-refractivity contribution is 4.85. The van der Waals surface area contributed by atoms with Crippen LogP contribution in [0.3, 0.4) is 0 Å². The molecule has 2 saturated carbocycles. The normalized spacial score (nSPS) is 35.6. The maximum Gasteiger partial charge on any atom is 0.0580 e. The van der Waals surface area contributed by atoms with Crippen molar-refractivity contribution in [1.82, 2.24) is 5.32 Å². The third-order valence-corrected chi connectivity index (χ3v) is 3.90. The van der Waals surface area contributed by atoms with Crippen LogP contribution >= 0.6 is 0 Å². The molecule has 2 N–H and O–H groups in total. The second kappa shape index (κ2) is 4.63. The Morgan fingerprint density at radius 1 is 1.21 bits per heavy atom. The minimum atomic E-state index is -0.0392. The van der Waals surface area contributed by atoms with E-state index in [1.807, 2.05) is 0 Å². The van der Waals surface area contributed by atoms with E-state index in [1.54, 1.807) is 0 Å². The van der Waals surface area contributed by atoms with Gasteiger partial charge >= 0.3 is 0 Å². The van der Waals surface area contributed by atoms with E-state index in [-0.39, 0.29) is 6.10 Å². The van der Waals surface area contributed by atoms with E-state index >= 15 is 0 Å². The fourth-order valence-corrected chi connectivity index (χ4v) is 2.53. The molecule has 14 heavy (non-hydrogen) atoms. The third kappa shape index (κ3) is 2.71. The standard InChI is InChI=1S/C12H23NO/c1-9(10-6-7-10)13-8-11-4-2-3-5-12(11)14/h9-14H,2-8H2,1H3. The molecule has 0 aliphatic heterocycles. The maximum atomic E-state index is 9.80. The summed E-state index contributed by atoms with van der Waals surface area (Å²) in [6, 6.07) is 0.670. The summed E-state index contributed by atoms with van der Waals surface area (Å²) in [5.41, 5.74) is 0. The van der Waals surface area contributed by atoms with Gasteiger partial charge in [0.2, 0.25) is 0 Å². The van der Waals surface area contributed by atoms with E-state index in [2.05, 4.69) is 12.2 Å². The van der Waals surface area contributed by atoms with Gasteiger partial charge in [-0.3, -0.25) is 0 Å². The minimum Gasteiger partial charge on any atom is -0.393 e. The van der Waals surface area contributed by atoms with Crippen molar-refractivity contribution in [2.24, 2.45) is 11.8 Å². The van der Waals surface area contributed by atoms with Crippen molar-refractivity contribution in [2.75, 3.05) is 6.54 Å². The third-order valence-electron chi connectivity index (χ3n) is 3.90. The maximum absolute atomic E-state index is 9.80. The van der Waals surface area contributed by atoms with Crippen LogP contribution in [-0.4, -0.2) is 23.8 Å². The van der Waals surface area contributed by atoms with Crippen LogP contribution in [0, 0.1) is 11.8 Å². The van der Waals surface area contributed by atoms with Gasteiger partial charge in [0.1, 0.15) is 0 Å². The molecule has 0 aromatic heterocycles. The summed E-state index contributed by atoms with van der Waals surface area (Å²) in [5.74, 6) is 1.45. The van der Waals surface area contributed by atoms with Gasteiger partial charge in [-0.25, -0.2) is 0 Å². The summed E-state index contributed by atoms with van der Waals surface area (Å²) >= 11 is 0. The fraction of sp³-hybridized carbons (Fsp3) is 1.00. The van der Waals surface area contributed by atoms with Crippen LogP contribution in [0.5, 0.6) is 0 Å². The summed E-state index contributed by atoms with van der Waals surface area (Å²) in [7, 11) is 0. The average Bonchev–Trinajstić information content (AvgIpc) is 2.99. The molecule has 0 amide bonds. The van der Waals surface area contributed by atoms with Crippen LogP contribution in [0.15, 0.2) is 0 Å². The van der Waals surface area contributed by atoms with Gasteiger partial charge in [-0.2, -0.15) is 0 Å². The number of hydrogen-bond donors (Lipinski definition) is 2. The number of aliphatic hydroxyl groups excluding tert-OH is 1. The van der Waals surface area contributed by atoms with Gasteiger partial charge in [0.25, 0.3) is 0 Å². The number of nitrogens with one attached hydrogen (secondary N) is 1. The van der Waals surface area contributed by atoms with Gasteiger partial charge in [0, 0.05) is 12.6 Å². The Kier molecular flexibility index (Phi) is 3.45. The minimum absolute atomic E-state index is 0.0392. The lowest BCUT2D eigenvalue weighted by atomic mass is 9.86. The first-order valence-corrected chi connectivity index (χ1v) is 6.19. The van der Waals surface area contributed by atoms with Gasteiger partial charge in [-0.15, -0.1) is 0 Å². The molecule has 2 heteroatoms. The van der Waals surface area contributed by atoms with Crippen molar-refractivity contribution in [3.05, 3.63) is 0 Å². The molecule has 0 saturated heterocycles. The van der Waals surface area contributed by atoms with Gasteiger partial charge in [0.05, 0.1) is 6.10 Å². The fourth-order valence-electron chi connectivity index (χ4n) is 2.53. The van der Waals surface area contributed by atoms with Crippen LogP contribution in [0.4, 0.5) is 0 Å². The molecule has 3 unspecified atom stereocenters. The Hall–Kier alpha value is -0.0800. The molecule has 2 rings (SSSR count). The van der Waals surface area contributed by atoms with E-state index in [9.17, 15) is 5.11 Å². The van der Waals surface area contributed by atoms with E-state index in [0.29, 0.717) is 12.0 Å². The van der Waals surface area contributed by atoms with Gasteiger partial charge in [0.15, 0.2) is 0 Å². The van der Waals surface area contributed by atoms with Gasteiger partial charge < -0.3 is 10.4 Å². The van der Waals surface area contributed by atoms with Crippen molar-refractivity contribution in [1.29, 1.82) is 0 Å². The van der Waals surface area contributed by atoms with Crippen molar-refractivity contribution in [2.45, 2.75) is 57.6 Å². The van der Waals surface area contributed by atoms with Crippen LogP contribution in [-0.2, 0) is 0 Å². The van der Waals surface area contributed by atoms with Crippen molar-refractivity contribution in [3.8, 4) is 0 Å². The average molecular weight is 197 g/mol. The zero-order valence-corrected chi connectivity index (χ0v) is 9.21. The molecule has 0 radical (unpaired) electrons. The number of rotatable bonds is 4. The largest absolute Gasteiger partial charge is 0.393 e. The first kappa shape index (κ1) is 10.4. The summed E-state index contributed by atoms with van der Waals surface area (Å²) < 4.78 is 0. The number of hydrogen-bond acceptors (Lipinski definition) is 2. The molecule has 82 valence electrons. The molecule has 0 aromatic carbocycles. The zero-order chi connectivity index (χ0) is 9.97. The molecule has 0 spiro atoms. The Morgan fingerprint density at radius 3 is 2.57 bits per heavy atom. The Bertz CT molecular complexity index is 179. The van der Waals surface area contributed by atoms with E-state index in [4.69, 9.17) is 0 Å². The van der Waals surface area contributed by atoms with Crippen LogP contribution < -0.4 is 5.32 Å². The molecule has 2 fully saturated rings. The molecule has 0 aromatic rings. The SMILES string of the molecule is CC(NCC1CCCCC1O)C1CC1. The molecule has 2 nitrogen and oxygen atoms in total. The molecule has 3 atom stereocenters. The van der Waals surface area contributed by atoms with Gasteiger partial charge in [-0.05, 0) is 44.4 Å². The first-order valence-electron chi connectivity index (χ1n) is 6.19. The highest BCUT2D eigenvalue weighted by atomic mass is 16.3. The van der Waals surface area contributed by atoms with Crippen LogP contribution in [0.2, 0.25) is 0 Å². The van der Waals surface area contributed by atoms with Crippen molar-refractivity contribution < 1.29 is 5.11 Å². The molecule has 0 heterocycles. The van der Waals surface area contributed by atoms with Gasteiger partial charge in [-0.1, -0.05) is 12.8 Å². The summed E-state index contributed by atoms with van der Waals surface area (Å²) in [5, 5.41) is 13.4. The lowest BCUT2D eigenvalue weighted by Crippen LogP contribution is -2.38. The monoisotopic (exact) mass is 197 g/mol. The lowest BCUT2D eigenvalue weighted by Gasteiger charge is -2.29. The molecular formula is C12H23NO. The molecule has 0 bridgehead atoms. The summed E-state index contributed by atoms with van der Waals surface area (Å²) in [4.78, 5) is 0. The Labute approximate surface area is 87.1 Å². The van der Waals surface area contributed by atoms with E-state index in [1.165, 1.54) is 32.1 Å². The molecular weight excluding hydrogens is 174 g/mol. The van der Waals surface area contributed by atoms with Crippen LogP contribution in [0.1, 0.15) is 45.4 Å². The van der Waals surface area contributed by atoms with Crippen LogP contribution in [0.25, 0.3) is 0 Å². The van der Waals surface area contributed by atoms with E-state index in [0.717, 1.165) is 18.9 Å². The van der Waals surface area contributed by atoms with E-state index < -0.39 is 0 Å². The predicted molar refractivity (Wildman–Crippen MR) is 58.2 cm³/mol. The molecule has 2 aliphatic rings. The zero-order valence-electron chi connectivity index (χ0n) is 9.21. The highest BCUT2D eigenvalue weighted by Gasteiger charge is 2.29. The van der Waals surface area contributed by atoms with Crippen molar-refractivity contribution in [3.63, 3.8) is 0 Å². The highest BCUT2D eigenvalue weighted by Crippen LogP contribution is 2.32. The topological polar surface area (TPSA) is 32.3 Å². The summed E-state index contributed by atoms with van der Waals surface area (Å²) in [6.07, 6.45) is 7.53. The molecule has 2 aliphatic carbocycles. The van der Waals surface area contributed by atoms with Crippen molar-refractivity contribution >= 4 is 0 Å². The quantitative estimate of drug-likeness (QED) is 0.721. The number of aliphatic hydroxyl groups is 1. The second-order valence-corrected chi connectivity index (χ2v) is 5.15. The first-order chi connectivity index (χ1) is 6.77.